The minimum Gasteiger partial charge on any atom is -0.0810 e. The van der Waals surface area contributed by atoms with Crippen LogP contribution in [-0.2, 0) is 0 Å². The predicted molar refractivity (Wildman–Crippen MR) is 96.5 cm³/mol. The molecule has 0 N–H and O–H groups in total. The van der Waals surface area contributed by atoms with Crippen LogP contribution in [0.3, 0.4) is 0 Å². The van der Waals surface area contributed by atoms with E-state index in [0.717, 1.165) is 65.1 Å². The van der Waals surface area contributed by atoms with Gasteiger partial charge >= 0.3 is 0 Å². The molecule has 3 aliphatic carbocycles. The summed E-state index contributed by atoms with van der Waals surface area (Å²) in [5, 5.41) is 0. The van der Waals surface area contributed by atoms with Crippen LogP contribution < -0.4 is 0 Å². The molecule has 0 nitrogen and oxygen atoms in total. The molecule has 3 rings (SSSR count). The Morgan fingerprint density at radius 1 is 0.909 bits per heavy atom. The largest absolute Gasteiger partial charge is 0.0810 e. The number of fused-ring (bicyclic) bond motifs is 4. The fraction of sp³-hybridized carbons (Fsp3) is 0.909. The van der Waals surface area contributed by atoms with Crippen molar-refractivity contribution < 1.29 is 0 Å². The first kappa shape index (κ1) is 16.6. The lowest BCUT2D eigenvalue weighted by Gasteiger charge is -2.57. The lowest BCUT2D eigenvalue weighted by molar-refractivity contribution is -0.0477. The molecule has 0 aliphatic heterocycles. The molecule has 3 aliphatic rings. The molecule has 10 unspecified atom stereocenters. The van der Waals surface area contributed by atoms with E-state index >= 15 is 0 Å². The second-order valence-electron chi connectivity index (χ2n) is 9.78. The van der Waals surface area contributed by atoms with Crippen LogP contribution >= 0.6 is 0 Å². The Bertz CT molecular complexity index is 443. The Kier molecular flexibility index (Phi) is 4.28. The fourth-order valence-corrected chi connectivity index (χ4v) is 6.73. The zero-order valence-electron chi connectivity index (χ0n) is 16.1. The van der Waals surface area contributed by atoms with E-state index in [4.69, 9.17) is 0 Å². The van der Waals surface area contributed by atoms with Crippen molar-refractivity contribution in [1.29, 1.82) is 0 Å². The van der Waals surface area contributed by atoms with Crippen LogP contribution in [-0.4, -0.2) is 0 Å². The number of allylic oxidation sites excluding steroid dienone is 2. The molecule has 0 aromatic carbocycles. The van der Waals surface area contributed by atoms with Crippen LogP contribution in [0.1, 0.15) is 61.8 Å². The highest BCUT2D eigenvalue weighted by atomic mass is 14.7. The highest BCUT2D eigenvalue weighted by Crippen LogP contribution is 2.67. The van der Waals surface area contributed by atoms with Crippen molar-refractivity contribution in [2.24, 2.45) is 65.1 Å². The van der Waals surface area contributed by atoms with E-state index in [1.54, 1.807) is 0 Å². The van der Waals surface area contributed by atoms with Crippen LogP contribution in [0.15, 0.2) is 11.6 Å². The standard InChI is InChI=1S/C22H38/c1-11(2)9-12(3)13(4)14(5)20-17(8)18-10-19(20)22-16(7)15(6)21(18)22/h10-18,20-22H,9H2,1-8H3. The van der Waals surface area contributed by atoms with E-state index in [-0.39, 0.29) is 0 Å². The Morgan fingerprint density at radius 3 is 2.14 bits per heavy atom. The van der Waals surface area contributed by atoms with E-state index < -0.39 is 0 Å². The summed E-state index contributed by atoms with van der Waals surface area (Å²) in [6, 6.07) is 0. The Balaban J connectivity index is 1.72. The van der Waals surface area contributed by atoms with Gasteiger partial charge < -0.3 is 0 Å². The molecule has 0 radical (unpaired) electrons. The van der Waals surface area contributed by atoms with E-state index in [1.807, 2.05) is 5.57 Å². The van der Waals surface area contributed by atoms with Gasteiger partial charge in [0.25, 0.3) is 0 Å². The molecule has 0 heteroatoms. The van der Waals surface area contributed by atoms with Crippen molar-refractivity contribution in [3.05, 3.63) is 11.6 Å². The smallest absolute Gasteiger partial charge is 0.0135 e. The molecule has 0 saturated heterocycles. The molecule has 0 heterocycles. The maximum absolute atomic E-state index is 2.74. The highest BCUT2D eigenvalue weighted by Gasteiger charge is 2.61. The van der Waals surface area contributed by atoms with Gasteiger partial charge in [0, 0.05) is 0 Å². The minimum absolute atomic E-state index is 0.832. The van der Waals surface area contributed by atoms with Crippen molar-refractivity contribution in [1.82, 2.24) is 0 Å². The maximum atomic E-state index is 2.74. The normalized spacial score (nSPS) is 47.0. The van der Waals surface area contributed by atoms with Gasteiger partial charge in [0.1, 0.15) is 0 Å². The summed E-state index contributed by atoms with van der Waals surface area (Å²) >= 11 is 0. The quantitative estimate of drug-likeness (QED) is 0.524. The lowest BCUT2D eigenvalue weighted by atomic mass is 9.48. The van der Waals surface area contributed by atoms with Crippen LogP contribution in [0.5, 0.6) is 0 Å². The van der Waals surface area contributed by atoms with Crippen molar-refractivity contribution >= 4 is 0 Å². The average Bonchev–Trinajstić information content (AvgIpc) is 2.96. The van der Waals surface area contributed by atoms with Crippen LogP contribution in [0, 0.1) is 65.1 Å². The summed E-state index contributed by atoms with van der Waals surface area (Å²) in [5.74, 6) is 9.93. The monoisotopic (exact) mass is 302 g/mol. The van der Waals surface area contributed by atoms with Gasteiger partial charge in [-0.15, -0.1) is 0 Å². The van der Waals surface area contributed by atoms with Gasteiger partial charge in [-0.2, -0.15) is 0 Å². The lowest BCUT2D eigenvalue weighted by Crippen LogP contribution is -2.52. The molecule has 2 bridgehead atoms. The summed E-state index contributed by atoms with van der Waals surface area (Å²) in [6.07, 6.45) is 4.12. The molecular formula is C22H38. The molecule has 0 aromatic heterocycles. The van der Waals surface area contributed by atoms with Gasteiger partial charge in [-0.1, -0.05) is 67.0 Å². The molecule has 0 spiro atoms. The van der Waals surface area contributed by atoms with E-state index in [0.29, 0.717) is 0 Å². The highest BCUT2D eigenvalue weighted by molar-refractivity contribution is 5.35. The third kappa shape index (κ3) is 2.23. The van der Waals surface area contributed by atoms with E-state index in [1.165, 1.54) is 6.42 Å². The minimum atomic E-state index is 0.832. The van der Waals surface area contributed by atoms with Crippen molar-refractivity contribution in [3.63, 3.8) is 0 Å². The summed E-state index contributed by atoms with van der Waals surface area (Å²) in [6.45, 7) is 19.9. The summed E-state index contributed by atoms with van der Waals surface area (Å²) < 4.78 is 0. The van der Waals surface area contributed by atoms with Crippen LogP contribution in [0.2, 0.25) is 0 Å². The third-order valence-corrected chi connectivity index (χ3v) is 8.33. The molecular weight excluding hydrogens is 264 g/mol. The molecule has 1 saturated carbocycles. The molecule has 22 heavy (non-hydrogen) atoms. The van der Waals surface area contributed by atoms with Gasteiger partial charge in [-0.3, -0.25) is 0 Å². The molecule has 1 fully saturated rings. The predicted octanol–water partition coefficient (Wildman–Crippen LogP) is 6.28. The third-order valence-electron chi connectivity index (χ3n) is 8.33. The van der Waals surface area contributed by atoms with Gasteiger partial charge in [0.2, 0.25) is 0 Å². The van der Waals surface area contributed by atoms with E-state index in [2.05, 4.69) is 61.5 Å². The van der Waals surface area contributed by atoms with Crippen molar-refractivity contribution in [3.8, 4) is 0 Å². The van der Waals surface area contributed by atoms with Crippen molar-refractivity contribution in [2.75, 3.05) is 0 Å². The Hall–Kier alpha value is -0.260. The second-order valence-corrected chi connectivity index (χ2v) is 9.78. The van der Waals surface area contributed by atoms with Crippen molar-refractivity contribution in [2.45, 2.75) is 61.8 Å². The Labute approximate surface area is 139 Å². The van der Waals surface area contributed by atoms with E-state index in [9.17, 15) is 0 Å². The number of hydrogen-bond donors (Lipinski definition) is 0. The maximum Gasteiger partial charge on any atom is -0.0135 e. The van der Waals surface area contributed by atoms with Crippen LogP contribution in [0.25, 0.3) is 0 Å². The summed E-state index contributed by atoms with van der Waals surface area (Å²) in [7, 11) is 0. The summed E-state index contributed by atoms with van der Waals surface area (Å²) in [4.78, 5) is 0. The molecule has 126 valence electrons. The fourth-order valence-electron chi connectivity index (χ4n) is 6.73. The Morgan fingerprint density at radius 2 is 1.55 bits per heavy atom. The van der Waals surface area contributed by atoms with Crippen LogP contribution in [0.4, 0.5) is 0 Å². The van der Waals surface area contributed by atoms with Gasteiger partial charge in [-0.05, 0) is 71.5 Å². The topological polar surface area (TPSA) is 0 Å². The SMILES string of the molecule is CC(C)CC(C)C(C)C(C)C1C2=CC(C1C)C1C(C)C(C)C21. The van der Waals surface area contributed by atoms with Gasteiger partial charge in [-0.25, -0.2) is 0 Å². The first-order chi connectivity index (χ1) is 10.3. The second kappa shape index (κ2) is 5.67. The zero-order chi connectivity index (χ0) is 16.3. The first-order valence-electron chi connectivity index (χ1n) is 9.97. The molecule has 10 atom stereocenters. The first-order valence-corrected chi connectivity index (χ1v) is 9.97. The van der Waals surface area contributed by atoms with Gasteiger partial charge in [0.15, 0.2) is 0 Å². The molecule has 0 amide bonds. The molecule has 0 aromatic rings. The number of rotatable bonds is 5. The zero-order valence-corrected chi connectivity index (χ0v) is 16.1. The average molecular weight is 303 g/mol. The van der Waals surface area contributed by atoms with Gasteiger partial charge in [0.05, 0.1) is 0 Å². The number of hydrogen-bond acceptors (Lipinski definition) is 0. The summed E-state index contributed by atoms with van der Waals surface area (Å²) in [5.41, 5.74) is 1.89.